The van der Waals surface area contributed by atoms with Crippen molar-refractivity contribution in [2.45, 2.75) is 50.7 Å². The number of rotatable bonds is 4. The highest BCUT2D eigenvalue weighted by Gasteiger charge is 2.28. The Morgan fingerprint density at radius 1 is 1.09 bits per heavy atom. The molecule has 0 saturated heterocycles. The van der Waals surface area contributed by atoms with Crippen LogP contribution in [-0.2, 0) is 32.2 Å². The van der Waals surface area contributed by atoms with Gasteiger partial charge in [0, 0.05) is 35.1 Å². The molecule has 2 aromatic carbocycles. The van der Waals surface area contributed by atoms with Gasteiger partial charge in [-0.25, -0.2) is 13.8 Å². The van der Waals surface area contributed by atoms with E-state index in [4.69, 9.17) is 0 Å². The number of aromatic nitrogens is 2. The summed E-state index contributed by atoms with van der Waals surface area (Å²) in [6.45, 7) is 0.351. The van der Waals surface area contributed by atoms with Gasteiger partial charge in [0.05, 0.1) is 11.7 Å². The Balaban J connectivity index is 1.23. The topological polar surface area (TPSA) is 46.9 Å². The maximum absolute atomic E-state index is 14.0. The predicted molar refractivity (Wildman–Crippen MR) is 126 cm³/mol. The third-order valence-corrected chi connectivity index (χ3v) is 8.18. The number of halogens is 2. The van der Waals surface area contributed by atoms with Gasteiger partial charge >= 0.3 is 0 Å². The fraction of sp³-hybridized carbons (Fsp3) is 0.308. The highest BCUT2D eigenvalue weighted by Crippen LogP contribution is 2.35. The Kier molecular flexibility index (Phi) is 5.11. The van der Waals surface area contributed by atoms with E-state index >= 15 is 0 Å². The van der Waals surface area contributed by atoms with Crippen LogP contribution in [0.2, 0.25) is 0 Å². The second-order valence-electron chi connectivity index (χ2n) is 9.03. The highest BCUT2D eigenvalue weighted by atomic mass is 32.1. The zero-order chi connectivity index (χ0) is 22.5. The molecule has 0 radical (unpaired) electrons. The van der Waals surface area contributed by atoms with Crippen LogP contribution < -0.4 is 10.9 Å². The number of fused-ring (bicyclic) bond motifs is 4. The van der Waals surface area contributed by atoms with Gasteiger partial charge in [-0.1, -0.05) is 30.3 Å². The molecule has 1 atom stereocenters. The van der Waals surface area contributed by atoms with Crippen molar-refractivity contribution in [3.05, 3.63) is 97.9 Å². The van der Waals surface area contributed by atoms with E-state index in [-0.39, 0.29) is 17.6 Å². The van der Waals surface area contributed by atoms with E-state index in [1.54, 1.807) is 17.7 Å². The van der Waals surface area contributed by atoms with E-state index in [9.17, 15) is 13.6 Å². The molecule has 33 heavy (non-hydrogen) atoms. The van der Waals surface area contributed by atoms with Gasteiger partial charge in [0.2, 0.25) is 0 Å². The van der Waals surface area contributed by atoms with Crippen molar-refractivity contribution in [1.82, 2.24) is 14.9 Å². The van der Waals surface area contributed by atoms with Crippen LogP contribution in [0.5, 0.6) is 0 Å². The maximum Gasteiger partial charge on any atom is 0.262 e. The highest BCUT2D eigenvalue weighted by molar-refractivity contribution is 7.18. The quantitative estimate of drug-likeness (QED) is 0.476. The van der Waals surface area contributed by atoms with Gasteiger partial charge in [0.25, 0.3) is 5.56 Å². The first-order valence-corrected chi connectivity index (χ1v) is 12.1. The minimum absolute atomic E-state index is 0.0649. The fourth-order valence-corrected chi connectivity index (χ4v) is 6.52. The number of thiophene rings is 1. The maximum atomic E-state index is 14.0. The van der Waals surface area contributed by atoms with E-state index < -0.39 is 11.6 Å². The number of hydrogen-bond donors (Lipinski definition) is 1. The smallest absolute Gasteiger partial charge is 0.262 e. The minimum atomic E-state index is -0.566. The van der Waals surface area contributed by atoms with E-state index in [2.05, 4.69) is 34.6 Å². The van der Waals surface area contributed by atoms with Crippen molar-refractivity contribution in [3.8, 4) is 0 Å². The molecule has 168 valence electrons. The van der Waals surface area contributed by atoms with E-state index in [0.29, 0.717) is 12.1 Å². The zero-order valence-electron chi connectivity index (χ0n) is 18.0. The van der Waals surface area contributed by atoms with Gasteiger partial charge in [0.1, 0.15) is 16.5 Å². The molecule has 0 unspecified atom stereocenters. The predicted octanol–water partition coefficient (Wildman–Crippen LogP) is 4.72. The molecular weight excluding hydrogens is 440 g/mol. The van der Waals surface area contributed by atoms with Gasteiger partial charge in [-0.3, -0.25) is 9.36 Å². The summed E-state index contributed by atoms with van der Waals surface area (Å²) in [4.78, 5) is 20.2. The Labute approximate surface area is 193 Å². The molecule has 7 heteroatoms. The summed E-state index contributed by atoms with van der Waals surface area (Å²) >= 11 is 1.59. The van der Waals surface area contributed by atoms with Crippen LogP contribution in [0, 0.1) is 11.6 Å². The molecule has 4 aromatic rings. The molecule has 0 saturated carbocycles. The summed E-state index contributed by atoms with van der Waals surface area (Å²) in [6.07, 6.45) is 5.89. The first-order valence-electron chi connectivity index (χ1n) is 11.3. The monoisotopic (exact) mass is 463 g/mol. The number of hydrogen-bond acceptors (Lipinski definition) is 4. The fourth-order valence-electron chi connectivity index (χ4n) is 5.27. The largest absolute Gasteiger partial charge is 0.309 e. The summed E-state index contributed by atoms with van der Waals surface area (Å²) in [5, 5.41) is 4.18. The molecule has 2 aromatic heterocycles. The standard InChI is InChI=1S/C26H23F2N3OS/c27-18-6-5-17(22(28)11-18)13-29-19-7-8-21-23(12-19)33-25-24(21)26(32)31(14-30-25)20-9-15-3-1-2-4-16(15)10-20/h1-6,11,14,19-20,29H,7-10,12-13H2/t19-/m1/s1. The minimum Gasteiger partial charge on any atom is -0.309 e. The van der Waals surface area contributed by atoms with Crippen molar-refractivity contribution in [2.24, 2.45) is 0 Å². The average molecular weight is 464 g/mol. The SMILES string of the molecule is O=c1c2c3c(sc2ncn1C1Cc2ccccc2C1)C[C@H](NCc1ccc(F)cc1F)CC3. The lowest BCUT2D eigenvalue weighted by Crippen LogP contribution is -2.34. The normalized spacial score (nSPS) is 17.9. The van der Waals surface area contributed by atoms with Crippen molar-refractivity contribution >= 4 is 21.6 Å². The van der Waals surface area contributed by atoms with E-state index in [1.165, 1.54) is 28.1 Å². The van der Waals surface area contributed by atoms with Gasteiger partial charge in [0.15, 0.2) is 0 Å². The molecule has 2 aliphatic carbocycles. The van der Waals surface area contributed by atoms with Crippen molar-refractivity contribution < 1.29 is 8.78 Å². The lowest BCUT2D eigenvalue weighted by molar-refractivity contribution is 0.454. The molecule has 0 amide bonds. The molecule has 0 aliphatic heterocycles. The summed E-state index contributed by atoms with van der Waals surface area (Å²) in [7, 11) is 0. The van der Waals surface area contributed by atoms with Crippen molar-refractivity contribution in [3.63, 3.8) is 0 Å². The molecule has 2 aliphatic rings. The molecule has 0 fully saturated rings. The van der Waals surface area contributed by atoms with Gasteiger partial charge < -0.3 is 5.32 Å². The molecule has 0 bridgehead atoms. The average Bonchev–Trinajstić information content (AvgIpc) is 3.40. The summed E-state index contributed by atoms with van der Waals surface area (Å²) in [5.74, 6) is -1.09. The van der Waals surface area contributed by atoms with Crippen LogP contribution >= 0.6 is 11.3 Å². The van der Waals surface area contributed by atoms with Gasteiger partial charge in [-0.05, 0) is 54.9 Å². The van der Waals surface area contributed by atoms with Gasteiger partial charge in [-0.2, -0.15) is 0 Å². The number of nitrogens with zero attached hydrogens (tertiary/aromatic N) is 2. The lowest BCUT2D eigenvalue weighted by Gasteiger charge is -2.23. The van der Waals surface area contributed by atoms with Gasteiger partial charge in [-0.15, -0.1) is 11.3 Å². The number of nitrogens with one attached hydrogen (secondary N) is 1. The Morgan fingerprint density at radius 3 is 2.64 bits per heavy atom. The number of aryl methyl sites for hydroxylation is 1. The molecule has 4 nitrogen and oxygen atoms in total. The lowest BCUT2D eigenvalue weighted by atomic mass is 9.93. The third-order valence-electron chi connectivity index (χ3n) is 7.01. The van der Waals surface area contributed by atoms with E-state index in [0.717, 1.165) is 54.0 Å². The Morgan fingerprint density at radius 2 is 1.88 bits per heavy atom. The summed E-state index contributed by atoms with van der Waals surface area (Å²) in [6, 6.07) is 12.4. The van der Waals surface area contributed by atoms with Crippen molar-refractivity contribution in [2.75, 3.05) is 0 Å². The molecular formula is C26H23F2N3OS. The third kappa shape index (κ3) is 3.69. The molecule has 6 rings (SSSR count). The second-order valence-corrected chi connectivity index (χ2v) is 10.1. The Bertz CT molecular complexity index is 1400. The molecule has 1 N–H and O–H groups in total. The van der Waals surface area contributed by atoms with Crippen LogP contribution in [0.15, 0.2) is 53.6 Å². The first kappa shape index (κ1) is 20.7. The van der Waals surface area contributed by atoms with Crippen molar-refractivity contribution in [1.29, 1.82) is 0 Å². The van der Waals surface area contributed by atoms with Crippen LogP contribution in [0.25, 0.3) is 10.2 Å². The first-order chi connectivity index (χ1) is 16.1. The number of benzene rings is 2. The Hall–Kier alpha value is -2.90. The zero-order valence-corrected chi connectivity index (χ0v) is 18.8. The summed E-state index contributed by atoms with van der Waals surface area (Å²) < 4.78 is 28.9. The van der Waals surface area contributed by atoms with Crippen LogP contribution in [0.3, 0.4) is 0 Å². The van der Waals surface area contributed by atoms with Crippen LogP contribution in [0.4, 0.5) is 8.78 Å². The molecule has 2 heterocycles. The molecule has 0 spiro atoms. The van der Waals surface area contributed by atoms with Crippen LogP contribution in [0.1, 0.15) is 39.6 Å². The van der Waals surface area contributed by atoms with Crippen LogP contribution in [-0.4, -0.2) is 15.6 Å². The van der Waals surface area contributed by atoms with E-state index in [1.807, 2.05) is 4.57 Å². The summed E-state index contributed by atoms with van der Waals surface area (Å²) in [5.41, 5.74) is 4.28. The second kappa shape index (κ2) is 8.15.